The van der Waals surface area contributed by atoms with E-state index in [1.165, 1.54) is 28.7 Å². The number of nitrogens with zero attached hydrogens (tertiary/aromatic N) is 2. The standard InChI is InChI=1S/C28H26FN5O4S/c29-24-20(4-3-5-23(24)33-39(37,38)34-12-1-2-13-34)25(35)22-16-32-26-21(22)14-18(15-31-26)17-6-8-19(9-7-17)28(10-11-28)27(30)36/h3-9,14-16,33H,1-2,10-13H2,(H2,30,36)(H,31,32). The summed E-state index contributed by atoms with van der Waals surface area (Å²) in [6, 6.07) is 13.4. The van der Waals surface area contributed by atoms with Gasteiger partial charge in [0.05, 0.1) is 16.7 Å². The van der Waals surface area contributed by atoms with Crippen molar-refractivity contribution in [1.82, 2.24) is 14.3 Å². The van der Waals surface area contributed by atoms with E-state index < -0.39 is 27.2 Å². The number of benzene rings is 2. The molecule has 2 aromatic heterocycles. The number of fused-ring (bicyclic) bond motifs is 1. The number of nitrogens with two attached hydrogens (primary N) is 1. The summed E-state index contributed by atoms with van der Waals surface area (Å²) in [5.41, 5.74) is 7.58. The van der Waals surface area contributed by atoms with Crippen molar-refractivity contribution in [2.24, 2.45) is 5.73 Å². The average Bonchev–Trinajstić information content (AvgIpc) is 3.34. The Morgan fingerprint density at radius 2 is 1.74 bits per heavy atom. The highest BCUT2D eigenvalue weighted by Crippen LogP contribution is 2.48. The molecule has 200 valence electrons. The van der Waals surface area contributed by atoms with Gasteiger partial charge >= 0.3 is 10.2 Å². The minimum absolute atomic E-state index is 0.208. The molecule has 39 heavy (non-hydrogen) atoms. The second-order valence-corrected chi connectivity index (χ2v) is 11.7. The smallest absolute Gasteiger partial charge is 0.301 e. The first kappa shape index (κ1) is 25.2. The number of pyridine rings is 1. The van der Waals surface area contributed by atoms with Gasteiger partial charge in [0.25, 0.3) is 0 Å². The van der Waals surface area contributed by atoms with E-state index >= 15 is 4.39 Å². The molecule has 6 rings (SSSR count). The van der Waals surface area contributed by atoms with E-state index in [4.69, 9.17) is 5.73 Å². The average molecular weight is 548 g/mol. The summed E-state index contributed by atoms with van der Waals surface area (Å²) < 4.78 is 44.3. The van der Waals surface area contributed by atoms with Gasteiger partial charge in [-0.3, -0.25) is 14.3 Å². The van der Waals surface area contributed by atoms with E-state index in [0.717, 1.165) is 42.4 Å². The fourth-order valence-corrected chi connectivity index (χ4v) is 6.50. The Kier molecular flexibility index (Phi) is 6.00. The van der Waals surface area contributed by atoms with Crippen LogP contribution >= 0.6 is 0 Å². The van der Waals surface area contributed by atoms with Crippen molar-refractivity contribution < 1.29 is 22.4 Å². The second kappa shape index (κ2) is 9.28. The fraction of sp³-hybridized carbons (Fsp3) is 0.250. The van der Waals surface area contributed by atoms with E-state index in [1.54, 1.807) is 12.3 Å². The molecule has 0 atom stereocenters. The lowest BCUT2D eigenvalue weighted by Gasteiger charge is -2.17. The van der Waals surface area contributed by atoms with Crippen molar-refractivity contribution >= 4 is 38.6 Å². The fourth-order valence-electron chi connectivity index (χ4n) is 5.20. The molecule has 0 bridgehead atoms. The van der Waals surface area contributed by atoms with Crippen molar-refractivity contribution in [3.63, 3.8) is 0 Å². The van der Waals surface area contributed by atoms with Gasteiger partial charge < -0.3 is 10.7 Å². The molecule has 4 N–H and O–H groups in total. The largest absolute Gasteiger partial charge is 0.369 e. The third kappa shape index (κ3) is 4.37. The molecule has 4 aromatic rings. The SMILES string of the molecule is NC(=O)C1(c2ccc(-c3cnc4[nH]cc(C(=O)c5cccc(NS(=O)(=O)N6CCCC6)c5F)c4c3)cc2)CC1. The zero-order valence-electron chi connectivity index (χ0n) is 20.9. The van der Waals surface area contributed by atoms with Crippen LogP contribution in [0.2, 0.25) is 0 Å². The van der Waals surface area contributed by atoms with Crippen molar-refractivity contribution in [3.8, 4) is 11.1 Å². The predicted octanol–water partition coefficient (Wildman–Crippen LogP) is 3.87. The molecule has 2 aromatic carbocycles. The quantitative estimate of drug-likeness (QED) is 0.288. The summed E-state index contributed by atoms with van der Waals surface area (Å²) in [5.74, 6) is -1.87. The molecule has 1 aliphatic heterocycles. The Bertz CT molecular complexity index is 1720. The summed E-state index contributed by atoms with van der Waals surface area (Å²) in [5, 5.41) is 0.500. The summed E-state index contributed by atoms with van der Waals surface area (Å²) in [6.45, 7) is 0.740. The first-order chi connectivity index (χ1) is 18.7. The van der Waals surface area contributed by atoms with Crippen LogP contribution in [0.3, 0.4) is 0 Å². The molecule has 1 amide bonds. The van der Waals surface area contributed by atoms with Gasteiger partial charge in [-0.2, -0.15) is 12.7 Å². The van der Waals surface area contributed by atoms with Crippen molar-refractivity contribution in [2.75, 3.05) is 17.8 Å². The number of hydrogen-bond acceptors (Lipinski definition) is 5. The number of nitrogens with one attached hydrogen (secondary N) is 2. The number of aromatic nitrogens is 2. The zero-order valence-corrected chi connectivity index (χ0v) is 21.7. The van der Waals surface area contributed by atoms with Gasteiger partial charge in [-0.25, -0.2) is 9.37 Å². The summed E-state index contributed by atoms with van der Waals surface area (Å²) in [7, 11) is -3.93. The van der Waals surface area contributed by atoms with E-state index in [9.17, 15) is 18.0 Å². The maximum Gasteiger partial charge on any atom is 0.301 e. The van der Waals surface area contributed by atoms with E-state index in [-0.39, 0.29) is 22.7 Å². The lowest BCUT2D eigenvalue weighted by atomic mass is 9.93. The van der Waals surface area contributed by atoms with Crippen LogP contribution in [-0.4, -0.2) is 47.5 Å². The lowest BCUT2D eigenvalue weighted by Crippen LogP contribution is -2.33. The van der Waals surface area contributed by atoms with Gasteiger partial charge in [0, 0.05) is 42.0 Å². The monoisotopic (exact) mass is 547 g/mol. The third-order valence-electron chi connectivity index (χ3n) is 7.66. The molecular formula is C28H26FN5O4S. The minimum atomic E-state index is -3.93. The van der Waals surface area contributed by atoms with Crippen molar-refractivity contribution in [2.45, 2.75) is 31.1 Å². The number of anilines is 1. The Balaban J connectivity index is 1.31. The number of primary amides is 1. The zero-order chi connectivity index (χ0) is 27.4. The van der Waals surface area contributed by atoms with Crippen LogP contribution in [0.5, 0.6) is 0 Å². The number of halogens is 1. The highest BCUT2D eigenvalue weighted by atomic mass is 32.2. The lowest BCUT2D eigenvalue weighted by molar-refractivity contribution is -0.120. The molecule has 3 heterocycles. The molecule has 2 aliphatic rings. The van der Waals surface area contributed by atoms with Crippen molar-refractivity contribution in [1.29, 1.82) is 0 Å². The van der Waals surface area contributed by atoms with E-state index in [2.05, 4.69) is 14.7 Å². The van der Waals surface area contributed by atoms with Crippen LogP contribution in [0.15, 0.2) is 60.9 Å². The Morgan fingerprint density at radius 3 is 2.41 bits per heavy atom. The van der Waals surface area contributed by atoms with E-state index in [1.807, 2.05) is 24.3 Å². The van der Waals surface area contributed by atoms with Crippen LogP contribution in [-0.2, 0) is 20.4 Å². The molecule has 1 aliphatic carbocycles. The number of carbonyl (C=O) groups excluding carboxylic acids is 2. The van der Waals surface area contributed by atoms with Gasteiger partial charge in [-0.05, 0) is 55.0 Å². The summed E-state index contributed by atoms with van der Waals surface area (Å²) in [4.78, 5) is 32.7. The van der Waals surface area contributed by atoms with Crippen molar-refractivity contribution in [3.05, 3.63) is 83.4 Å². The molecular weight excluding hydrogens is 521 g/mol. The number of ketones is 1. The molecule has 2 fully saturated rings. The maximum atomic E-state index is 15.4. The second-order valence-electron chi connectivity index (χ2n) is 10.1. The van der Waals surface area contributed by atoms with Crippen LogP contribution in [0.1, 0.15) is 47.2 Å². The molecule has 1 saturated carbocycles. The van der Waals surface area contributed by atoms with Crippen LogP contribution in [0.25, 0.3) is 22.2 Å². The summed E-state index contributed by atoms with van der Waals surface area (Å²) in [6.07, 6.45) is 6.10. The summed E-state index contributed by atoms with van der Waals surface area (Å²) >= 11 is 0. The van der Waals surface area contributed by atoms with Gasteiger partial charge in [-0.15, -0.1) is 0 Å². The van der Waals surface area contributed by atoms with E-state index in [0.29, 0.717) is 24.1 Å². The first-order valence-corrected chi connectivity index (χ1v) is 14.1. The number of carbonyl (C=O) groups is 2. The molecule has 0 radical (unpaired) electrons. The molecule has 0 unspecified atom stereocenters. The Hall–Kier alpha value is -4.09. The molecule has 1 saturated heterocycles. The predicted molar refractivity (Wildman–Crippen MR) is 145 cm³/mol. The Labute approximate surface area is 224 Å². The molecule has 11 heteroatoms. The van der Waals surface area contributed by atoms with Gasteiger partial charge in [0.2, 0.25) is 5.91 Å². The van der Waals surface area contributed by atoms with Gasteiger partial charge in [0.15, 0.2) is 11.6 Å². The van der Waals surface area contributed by atoms with Gasteiger partial charge in [-0.1, -0.05) is 30.3 Å². The minimum Gasteiger partial charge on any atom is -0.369 e. The third-order valence-corrected chi connectivity index (χ3v) is 9.18. The highest BCUT2D eigenvalue weighted by molar-refractivity contribution is 7.90. The maximum absolute atomic E-state index is 15.4. The number of rotatable bonds is 8. The molecule has 9 nitrogen and oxygen atoms in total. The Morgan fingerprint density at radius 1 is 1.03 bits per heavy atom. The first-order valence-electron chi connectivity index (χ1n) is 12.7. The normalized spacial score (nSPS) is 16.8. The van der Waals surface area contributed by atoms with Gasteiger partial charge in [0.1, 0.15) is 5.65 Å². The number of amides is 1. The topological polar surface area (TPSA) is 138 Å². The number of hydrogen-bond donors (Lipinski definition) is 3. The highest BCUT2D eigenvalue weighted by Gasteiger charge is 2.49. The number of H-pyrrole nitrogens is 1. The molecule has 0 spiro atoms. The van der Waals surface area contributed by atoms with Crippen LogP contribution in [0.4, 0.5) is 10.1 Å². The van der Waals surface area contributed by atoms with Crippen LogP contribution < -0.4 is 10.5 Å². The number of aromatic amines is 1. The van der Waals surface area contributed by atoms with Crippen LogP contribution in [0, 0.1) is 5.82 Å².